The van der Waals surface area contributed by atoms with Crippen LogP contribution in [-0.4, -0.2) is 44.3 Å². The van der Waals surface area contributed by atoms with Gasteiger partial charge in [-0.05, 0) is 38.3 Å². The minimum atomic E-state index is 0.262. The lowest BCUT2D eigenvalue weighted by molar-refractivity contribution is 0.0911. The van der Waals surface area contributed by atoms with E-state index in [1.54, 1.807) is 0 Å². The van der Waals surface area contributed by atoms with Gasteiger partial charge in [0.2, 0.25) is 0 Å². The van der Waals surface area contributed by atoms with Crippen LogP contribution in [-0.2, 0) is 4.74 Å². The Kier molecular flexibility index (Phi) is 4.83. The van der Waals surface area contributed by atoms with Crippen LogP contribution < -0.4 is 5.73 Å². The normalized spacial score (nSPS) is 32.1. The first kappa shape index (κ1) is 13.3. The summed E-state index contributed by atoms with van der Waals surface area (Å²) in [7, 11) is 0. The van der Waals surface area contributed by atoms with Crippen molar-refractivity contribution >= 4 is 0 Å². The molecule has 0 aromatic heterocycles. The monoisotopic (exact) mass is 240 g/mol. The molecular formula is C14H28N2O. The Balaban J connectivity index is 1.77. The number of nitrogens with zero attached hydrogens (tertiary/aromatic N) is 1. The number of rotatable bonds is 5. The molecule has 2 N–H and O–H groups in total. The molecule has 3 nitrogen and oxygen atoms in total. The zero-order valence-corrected chi connectivity index (χ0v) is 11.3. The third-order valence-corrected chi connectivity index (χ3v) is 4.58. The fraction of sp³-hybridized carbons (Fsp3) is 1.00. The summed E-state index contributed by atoms with van der Waals surface area (Å²) in [6, 6.07) is 0. The van der Waals surface area contributed by atoms with Crippen LogP contribution in [0.3, 0.4) is 0 Å². The molecule has 0 saturated carbocycles. The number of piperidine rings is 1. The molecular weight excluding hydrogens is 212 g/mol. The van der Waals surface area contributed by atoms with Gasteiger partial charge < -0.3 is 15.4 Å². The fourth-order valence-corrected chi connectivity index (χ4v) is 3.32. The number of nitrogens with two attached hydrogens (primary N) is 1. The molecule has 0 aromatic rings. The van der Waals surface area contributed by atoms with E-state index in [4.69, 9.17) is 10.5 Å². The number of hydrogen-bond acceptors (Lipinski definition) is 3. The second-order valence-corrected chi connectivity index (χ2v) is 6.01. The van der Waals surface area contributed by atoms with Gasteiger partial charge in [-0.15, -0.1) is 0 Å². The predicted octanol–water partition coefficient (Wildman–Crippen LogP) is 1.86. The number of ether oxygens (including phenoxy) is 1. The van der Waals surface area contributed by atoms with Crippen LogP contribution in [0.25, 0.3) is 0 Å². The molecule has 2 fully saturated rings. The van der Waals surface area contributed by atoms with Crippen molar-refractivity contribution in [1.29, 1.82) is 0 Å². The van der Waals surface area contributed by atoms with Crippen molar-refractivity contribution in [3.05, 3.63) is 0 Å². The maximum atomic E-state index is 5.95. The summed E-state index contributed by atoms with van der Waals surface area (Å²) in [4.78, 5) is 2.62. The van der Waals surface area contributed by atoms with E-state index in [1.807, 2.05) is 0 Å². The van der Waals surface area contributed by atoms with Gasteiger partial charge >= 0.3 is 0 Å². The summed E-state index contributed by atoms with van der Waals surface area (Å²) in [5.74, 6) is 0.977. The Labute approximate surface area is 106 Å². The number of likely N-dealkylation sites (tertiary alicyclic amines) is 1. The molecule has 0 aliphatic carbocycles. The molecule has 2 aliphatic rings. The molecule has 0 spiro atoms. The van der Waals surface area contributed by atoms with E-state index in [1.165, 1.54) is 38.8 Å². The lowest BCUT2D eigenvalue weighted by Crippen LogP contribution is -2.46. The molecule has 3 heteroatoms. The van der Waals surface area contributed by atoms with Gasteiger partial charge in [0.05, 0.1) is 6.61 Å². The van der Waals surface area contributed by atoms with Gasteiger partial charge in [0.25, 0.3) is 0 Å². The molecule has 0 radical (unpaired) electrons. The van der Waals surface area contributed by atoms with Gasteiger partial charge in [-0.1, -0.05) is 19.8 Å². The molecule has 1 atom stereocenters. The van der Waals surface area contributed by atoms with E-state index in [9.17, 15) is 0 Å². The number of hydrogen-bond donors (Lipinski definition) is 1. The van der Waals surface area contributed by atoms with Gasteiger partial charge in [-0.3, -0.25) is 0 Å². The van der Waals surface area contributed by atoms with Gasteiger partial charge in [-0.2, -0.15) is 0 Å². The average molecular weight is 240 g/mol. The van der Waals surface area contributed by atoms with E-state index >= 15 is 0 Å². The molecule has 2 aliphatic heterocycles. The van der Waals surface area contributed by atoms with Crippen molar-refractivity contribution in [3.63, 3.8) is 0 Å². The highest BCUT2D eigenvalue weighted by atomic mass is 16.5. The molecule has 2 rings (SSSR count). The Morgan fingerprint density at radius 2 is 2.12 bits per heavy atom. The maximum absolute atomic E-state index is 5.95. The first-order valence-corrected chi connectivity index (χ1v) is 7.28. The van der Waals surface area contributed by atoms with Gasteiger partial charge in [0, 0.05) is 25.1 Å². The summed E-state index contributed by atoms with van der Waals surface area (Å²) in [6.07, 6.45) is 6.67. The quantitative estimate of drug-likeness (QED) is 0.797. The highest BCUT2D eigenvalue weighted by Gasteiger charge is 2.36. The largest absolute Gasteiger partial charge is 0.381 e. The topological polar surface area (TPSA) is 38.5 Å². The lowest BCUT2D eigenvalue weighted by atomic mass is 9.85. The Hall–Kier alpha value is -0.120. The van der Waals surface area contributed by atoms with E-state index in [0.29, 0.717) is 0 Å². The SMILES string of the molecule is CCCC1CCN(CC2(CN)CCOC2)CC1. The highest BCUT2D eigenvalue weighted by Crippen LogP contribution is 2.30. The van der Waals surface area contributed by atoms with Crippen molar-refractivity contribution in [1.82, 2.24) is 4.90 Å². The zero-order chi connectivity index (χ0) is 12.1. The Morgan fingerprint density at radius 3 is 2.65 bits per heavy atom. The van der Waals surface area contributed by atoms with Crippen molar-refractivity contribution in [3.8, 4) is 0 Å². The van der Waals surface area contributed by atoms with Crippen molar-refractivity contribution < 1.29 is 4.74 Å². The van der Waals surface area contributed by atoms with Crippen LogP contribution >= 0.6 is 0 Å². The minimum absolute atomic E-state index is 0.262. The van der Waals surface area contributed by atoms with Crippen LogP contribution in [0.2, 0.25) is 0 Å². The van der Waals surface area contributed by atoms with Crippen LogP contribution in [0.1, 0.15) is 39.0 Å². The third-order valence-electron chi connectivity index (χ3n) is 4.58. The van der Waals surface area contributed by atoms with Crippen LogP contribution in [0.4, 0.5) is 0 Å². The van der Waals surface area contributed by atoms with E-state index in [0.717, 1.165) is 38.6 Å². The molecule has 2 heterocycles. The summed E-state index contributed by atoms with van der Waals surface area (Å²) in [5.41, 5.74) is 6.22. The zero-order valence-electron chi connectivity index (χ0n) is 11.3. The van der Waals surface area contributed by atoms with Gasteiger partial charge in [0.1, 0.15) is 0 Å². The minimum Gasteiger partial charge on any atom is -0.381 e. The Bertz CT molecular complexity index is 218. The van der Waals surface area contributed by atoms with Crippen molar-refractivity contribution in [2.24, 2.45) is 17.1 Å². The summed E-state index contributed by atoms with van der Waals surface area (Å²) < 4.78 is 5.55. The van der Waals surface area contributed by atoms with Crippen LogP contribution in [0.15, 0.2) is 0 Å². The highest BCUT2D eigenvalue weighted by molar-refractivity contribution is 4.88. The smallest absolute Gasteiger partial charge is 0.0547 e. The summed E-state index contributed by atoms with van der Waals surface area (Å²) in [6.45, 7) is 8.55. The Morgan fingerprint density at radius 1 is 1.35 bits per heavy atom. The third kappa shape index (κ3) is 3.43. The fourth-order valence-electron chi connectivity index (χ4n) is 3.32. The molecule has 100 valence electrons. The van der Waals surface area contributed by atoms with E-state index < -0.39 is 0 Å². The molecule has 0 aromatic carbocycles. The molecule has 0 bridgehead atoms. The molecule has 2 saturated heterocycles. The van der Waals surface area contributed by atoms with Crippen LogP contribution in [0, 0.1) is 11.3 Å². The molecule has 17 heavy (non-hydrogen) atoms. The molecule has 0 amide bonds. The van der Waals surface area contributed by atoms with Crippen molar-refractivity contribution in [2.45, 2.75) is 39.0 Å². The van der Waals surface area contributed by atoms with Crippen molar-refractivity contribution in [2.75, 3.05) is 39.4 Å². The average Bonchev–Trinajstić information content (AvgIpc) is 2.81. The lowest BCUT2D eigenvalue weighted by Gasteiger charge is -2.37. The van der Waals surface area contributed by atoms with Gasteiger partial charge in [0.15, 0.2) is 0 Å². The first-order chi connectivity index (χ1) is 8.28. The first-order valence-electron chi connectivity index (χ1n) is 7.28. The predicted molar refractivity (Wildman–Crippen MR) is 71.0 cm³/mol. The molecule has 1 unspecified atom stereocenters. The summed E-state index contributed by atoms with van der Waals surface area (Å²) >= 11 is 0. The maximum Gasteiger partial charge on any atom is 0.0547 e. The summed E-state index contributed by atoms with van der Waals surface area (Å²) in [5, 5.41) is 0. The van der Waals surface area contributed by atoms with Gasteiger partial charge in [-0.25, -0.2) is 0 Å². The van der Waals surface area contributed by atoms with E-state index in [-0.39, 0.29) is 5.41 Å². The van der Waals surface area contributed by atoms with E-state index in [2.05, 4.69) is 11.8 Å². The standard InChI is InChI=1S/C14H28N2O/c1-2-3-13-4-7-16(8-5-13)11-14(10-15)6-9-17-12-14/h13H,2-12,15H2,1H3. The van der Waals surface area contributed by atoms with Crippen LogP contribution in [0.5, 0.6) is 0 Å². The second kappa shape index (κ2) is 6.17. The second-order valence-electron chi connectivity index (χ2n) is 6.01.